The van der Waals surface area contributed by atoms with E-state index in [0.29, 0.717) is 10.7 Å². The monoisotopic (exact) mass is 486 g/mol. The Hall–Kier alpha value is -1.57. The summed E-state index contributed by atoms with van der Waals surface area (Å²) in [6.07, 6.45) is 0. The molecule has 4 nitrogen and oxygen atoms in total. The summed E-state index contributed by atoms with van der Waals surface area (Å²) in [7, 11) is 0. The lowest BCUT2D eigenvalue weighted by molar-refractivity contribution is -0.120. The third kappa shape index (κ3) is 3.41. The normalized spacial score (nSPS) is 14.5. The Morgan fingerprint density at radius 3 is 2.32 bits per heavy atom. The van der Waals surface area contributed by atoms with Crippen LogP contribution < -0.4 is 10.2 Å². The van der Waals surface area contributed by atoms with Crippen LogP contribution in [0.5, 0.6) is 0 Å². The largest absolute Gasteiger partial charge is 0.349 e. The molecule has 0 atom stereocenters. The van der Waals surface area contributed by atoms with Crippen LogP contribution in [0.25, 0.3) is 0 Å². The van der Waals surface area contributed by atoms with Crippen molar-refractivity contribution in [2.24, 2.45) is 0 Å². The predicted molar refractivity (Wildman–Crippen MR) is 109 cm³/mol. The highest BCUT2D eigenvalue weighted by molar-refractivity contribution is 14.1. The van der Waals surface area contributed by atoms with Crippen LogP contribution in [-0.4, -0.2) is 11.8 Å². The zero-order valence-corrected chi connectivity index (χ0v) is 17.0. The van der Waals surface area contributed by atoms with Crippen LogP contribution in [-0.2, 0) is 9.59 Å². The minimum absolute atomic E-state index is 0.0627. The summed E-state index contributed by atoms with van der Waals surface area (Å²) < 4.78 is 1.07. The summed E-state index contributed by atoms with van der Waals surface area (Å²) in [4.78, 5) is 26.3. The minimum Gasteiger partial charge on any atom is -0.349 e. The Morgan fingerprint density at radius 1 is 0.960 bits per heavy atom. The molecule has 0 saturated carbocycles. The molecule has 1 heterocycles. The molecule has 25 heavy (non-hydrogen) atoms. The third-order valence-electron chi connectivity index (χ3n) is 3.89. The van der Waals surface area contributed by atoms with Crippen LogP contribution >= 0.6 is 45.8 Å². The van der Waals surface area contributed by atoms with Crippen LogP contribution in [0.2, 0.25) is 5.02 Å². The van der Waals surface area contributed by atoms with Gasteiger partial charge in [-0.15, -0.1) is 0 Å². The van der Waals surface area contributed by atoms with Crippen molar-refractivity contribution < 1.29 is 9.59 Å². The molecule has 0 bridgehead atoms. The van der Waals surface area contributed by atoms with Crippen LogP contribution in [0.3, 0.4) is 0 Å². The molecule has 3 rings (SSSR count). The molecule has 2 aromatic rings. The topological polar surface area (TPSA) is 49.4 Å². The van der Waals surface area contributed by atoms with Gasteiger partial charge in [0.1, 0.15) is 10.7 Å². The van der Waals surface area contributed by atoms with E-state index in [0.717, 1.165) is 25.3 Å². The second kappa shape index (κ2) is 6.97. The van der Waals surface area contributed by atoms with E-state index in [1.165, 1.54) is 0 Å². The van der Waals surface area contributed by atoms with E-state index >= 15 is 0 Å². The number of aryl methyl sites for hydroxylation is 2. The van der Waals surface area contributed by atoms with Crippen molar-refractivity contribution in [1.82, 2.24) is 0 Å². The first-order valence-corrected chi connectivity index (χ1v) is 9.21. The smallest absolute Gasteiger partial charge is 0.283 e. The molecule has 0 saturated heterocycles. The van der Waals surface area contributed by atoms with Gasteiger partial charge >= 0.3 is 0 Å². The molecule has 1 N–H and O–H groups in total. The molecule has 0 radical (unpaired) electrons. The van der Waals surface area contributed by atoms with Crippen molar-refractivity contribution in [3.05, 3.63) is 66.8 Å². The first kappa shape index (κ1) is 18.2. The summed E-state index contributed by atoms with van der Waals surface area (Å²) in [5.74, 6) is -1.08. The molecule has 2 amide bonds. The summed E-state index contributed by atoms with van der Waals surface area (Å²) >= 11 is 14.5. The number of amides is 2. The number of nitrogens with one attached hydrogen (secondary N) is 1. The number of benzene rings is 2. The van der Waals surface area contributed by atoms with E-state index in [9.17, 15) is 9.59 Å². The molecule has 0 aromatic heterocycles. The number of hydrogen-bond acceptors (Lipinski definition) is 3. The lowest BCUT2D eigenvalue weighted by atomic mass is 10.2. The Morgan fingerprint density at radius 2 is 1.68 bits per heavy atom. The number of anilines is 2. The summed E-state index contributed by atoms with van der Waals surface area (Å²) in [6.45, 7) is 3.76. The fourth-order valence-electron chi connectivity index (χ4n) is 2.47. The molecule has 128 valence electrons. The lowest BCUT2D eigenvalue weighted by Gasteiger charge is -2.16. The van der Waals surface area contributed by atoms with Gasteiger partial charge in [0.05, 0.1) is 5.69 Å². The molecule has 0 unspecified atom stereocenters. The van der Waals surface area contributed by atoms with Gasteiger partial charge in [-0.05, 0) is 77.9 Å². The second-order valence-electron chi connectivity index (χ2n) is 5.65. The number of imide groups is 1. The van der Waals surface area contributed by atoms with Crippen LogP contribution in [0, 0.1) is 17.4 Å². The molecule has 0 fully saturated rings. The summed E-state index contributed by atoms with van der Waals surface area (Å²) in [5.41, 5.74) is 2.98. The highest BCUT2D eigenvalue weighted by Gasteiger charge is 2.39. The number of halogens is 3. The van der Waals surface area contributed by atoms with Gasteiger partial charge in [0.15, 0.2) is 0 Å². The Labute approximate surface area is 168 Å². The Balaban J connectivity index is 1.95. The number of rotatable bonds is 3. The van der Waals surface area contributed by atoms with E-state index < -0.39 is 11.8 Å². The third-order valence-corrected chi connectivity index (χ3v) is 5.32. The fraction of sp³-hybridized carbons (Fsp3) is 0.111. The number of carbonyl (C=O) groups is 2. The predicted octanol–water partition coefficient (Wildman–Crippen LogP) is 5.00. The van der Waals surface area contributed by atoms with Crippen molar-refractivity contribution in [3.8, 4) is 0 Å². The molecular weight excluding hydrogens is 474 g/mol. The molecule has 0 spiro atoms. The van der Waals surface area contributed by atoms with E-state index in [-0.39, 0.29) is 10.7 Å². The summed E-state index contributed by atoms with van der Waals surface area (Å²) in [5, 5.41) is 3.33. The minimum atomic E-state index is -0.572. The SMILES string of the molecule is Cc1ccc(N2C(=O)C(Cl)=C(Nc3ccc(I)cc3C)C2=O)cc1Cl. The first-order valence-electron chi connectivity index (χ1n) is 7.37. The van der Waals surface area contributed by atoms with Crippen molar-refractivity contribution in [1.29, 1.82) is 0 Å². The summed E-state index contributed by atoms with van der Waals surface area (Å²) in [6, 6.07) is 10.7. The standard InChI is InChI=1S/C18H13Cl2IN2O2/c1-9-3-5-12(8-13(9)19)23-17(24)15(20)16(18(23)25)22-14-6-4-11(21)7-10(14)2/h3-8,22H,1-2H3. The lowest BCUT2D eigenvalue weighted by Crippen LogP contribution is -2.32. The van der Waals surface area contributed by atoms with E-state index in [2.05, 4.69) is 27.9 Å². The van der Waals surface area contributed by atoms with Gasteiger partial charge in [-0.2, -0.15) is 0 Å². The quantitative estimate of drug-likeness (QED) is 0.490. The zero-order valence-electron chi connectivity index (χ0n) is 13.4. The zero-order chi connectivity index (χ0) is 18.3. The van der Waals surface area contributed by atoms with E-state index in [1.54, 1.807) is 18.2 Å². The molecule has 7 heteroatoms. The van der Waals surface area contributed by atoms with Crippen molar-refractivity contribution in [2.45, 2.75) is 13.8 Å². The maximum Gasteiger partial charge on any atom is 0.283 e. The first-order chi connectivity index (χ1) is 11.8. The molecule has 2 aromatic carbocycles. The fourth-order valence-corrected chi connectivity index (χ4v) is 3.50. The van der Waals surface area contributed by atoms with Gasteiger partial charge < -0.3 is 5.32 Å². The van der Waals surface area contributed by atoms with E-state index in [4.69, 9.17) is 23.2 Å². The van der Waals surface area contributed by atoms with Gasteiger partial charge in [-0.25, -0.2) is 4.90 Å². The molecule has 0 aliphatic carbocycles. The maximum absolute atomic E-state index is 12.8. The molecule has 1 aliphatic heterocycles. The highest BCUT2D eigenvalue weighted by Crippen LogP contribution is 2.32. The van der Waals surface area contributed by atoms with Crippen LogP contribution in [0.15, 0.2) is 47.1 Å². The Bertz CT molecular complexity index is 941. The number of carbonyl (C=O) groups excluding carboxylic acids is 2. The van der Waals surface area contributed by atoms with Gasteiger partial charge in [0.2, 0.25) is 0 Å². The maximum atomic E-state index is 12.8. The van der Waals surface area contributed by atoms with Crippen LogP contribution in [0.4, 0.5) is 11.4 Å². The van der Waals surface area contributed by atoms with Crippen LogP contribution in [0.1, 0.15) is 11.1 Å². The van der Waals surface area contributed by atoms with Crippen molar-refractivity contribution in [3.63, 3.8) is 0 Å². The van der Waals surface area contributed by atoms with Crippen molar-refractivity contribution >= 4 is 69.0 Å². The van der Waals surface area contributed by atoms with Gasteiger partial charge in [-0.3, -0.25) is 9.59 Å². The molecular formula is C18H13Cl2IN2O2. The van der Waals surface area contributed by atoms with E-state index in [1.807, 2.05) is 32.0 Å². The number of nitrogens with zero attached hydrogens (tertiary/aromatic N) is 1. The average Bonchev–Trinajstić information content (AvgIpc) is 2.76. The molecule has 1 aliphatic rings. The van der Waals surface area contributed by atoms with Gasteiger partial charge in [-0.1, -0.05) is 29.3 Å². The van der Waals surface area contributed by atoms with Crippen molar-refractivity contribution in [2.75, 3.05) is 10.2 Å². The van der Waals surface area contributed by atoms with Gasteiger partial charge in [0, 0.05) is 14.3 Å². The average molecular weight is 487 g/mol. The highest BCUT2D eigenvalue weighted by atomic mass is 127. The second-order valence-corrected chi connectivity index (χ2v) is 7.68. The Kier molecular flexibility index (Phi) is 5.09. The number of hydrogen-bond donors (Lipinski definition) is 1. The van der Waals surface area contributed by atoms with Gasteiger partial charge in [0.25, 0.3) is 11.8 Å².